The summed E-state index contributed by atoms with van der Waals surface area (Å²) in [5.41, 5.74) is 0. The highest BCUT2D eigenvalue weighted by molar-refractivity contribution is 7.12. The molecule has 2 rings (SSSR count). The van der Waals surface area contributed by atoms with Gasteiger partial charge in [-0.25, -0.2) is 0 Å². The zero-order chi connectivity index (χ0) is 15.2. The Labute approximate surface area is 128 Å². The number of Topliss-reactive ketones (excluding diaryl/α,β-unsaturated/α-hetero) is 1. The Bertz CT molecular complexity index is 513. The van der Waals surface area contributed by atoms with Crippen LogP contribution in [0.5, 0.6) is 0 Å². The molecule has 1 aromatic rings. The Morgan fingerprint density at radius 2 is 2.24 bits per heavy atom. The van der Waals surface area contributed by atoms with Crippen molar-refractivity contribution in [1.29, 1.82) is 0 Å². The summed E-state index contributed by atoms with van der Waals surface area (Å²) in [6.07, 6.45) is 2.66. The van der Waals surface area contributed by atoms with Gasteiger partial charge in [0.15, 0.2) is 5.78 Å². The van der Waals surface area contributed by atoms with Crippen LogP contribution < -0.4 is 5.32 Å². The molecule has 1 aromatic heterocycles. The van der Waals surface area contributed by atoms with E-state index in [-0.39, 0.29) is 36.6 Å². The molecule has 0 aliphatic carbocycles. The summed E-state index contributed by atoms with van der Waals surface area (Å²) < 4.78 is 0. The summed E-state index contributed by atoms with van der Waals surface area (Å²) in [5, 5.41) is 4.65. The molecular formula is C15H20N2O3S. The molecule has 1 fully saturated rings. The van der Waals surface area contributed by atoms with Gasteiger partial charge < -0.3 is 10.2 Å². The quantitative estimate of drug-likeness (QED) is 0.815. The number of rotatable bonds is 6. The van der Waals surface area contributed by atoms with E-state index >= 15 is 0 Å². The third kappa shape index (κ3) is 4.67. The van der Waals surface area contributed by atoms with Crippen LogP contribution in [-0.2, 0) is 9.59 Å². The molecule has 0 spiro atoms. The van der Waals surface area contributed by atoms with Crippen molar-refractivity contribution in [2.24, 2.45) is 0 Å². The monoisotopic (exact) mass is 308 g/mol. The molecule has 114 valence electrons. The van der Waals surface area contributed by atoms with Crippen LogP contribution in [0, 0.1) is 0 Å². The lowest BCUT2D eigenvalue weighted by Gasteiger charge is -2.26. The third-order valence-electron chi connectivity index (χ3n) is 3.45. The van der Waals surface area contributed by atoms with Gasteiger partial charge in [0.2, 0.25) is 11.8 Å². The van der Waals surface area contributed by atoms with Crippen LogP contribution in [0.1, 0.15) is 42.3 Å². The average molecular weight is 308 g/mol. The number of likely N-dealkylation sites (tertiary alicyclic amines) is 1. The average Bonchev–Trinajstić information content (AvgIpc) is 2.95. The van der Waals surface area contributed by atoms with Crippen LogP contribution >= 0.6 is 11.3 Å². The van der Waals surface area contributed by atoms with E-state index in [0.717, 1.165) is 12.8 Å². The Balaban J connectivity index is 1.76. The molecule has 0 aromatic carbocycles. The van der Waals surface area contributed by atoms with E-state index < -0.39 is 0 Å². The fourth-order valence-corrected chi connectivity index (χ4v) is 3.07. The Morgan fingerprint density at radius 3 is 2.90 bits per heavy atom. The van der Waals surface area contributed by atoms with Crippen LogP contribution in [0.3, 0.4) is 0 Å². The summed E-state index contributed by atoms with van der Waals surface area (Å²) in [5.74, 6) is -0.123. The minimum Gasteiger partial charge on any atom is -0.352 e. The molecule has 2 amide bonds. The van der Waals surface area contributed by atoms with Gasteiger partial charge in [-0.3, -0.25) is 14.4 Å². The van der Waals surface area contributed by atoms with E-state index in [0.29, 0.717) is 17.8 Å². The van der Waals surface area contributed by atoms with Gasteiger partial charge in [0.05, 0.1) is 11.4 Å². The van der Waals surface area contributed by atoms with Crippen molar-refractivity contribution in [1.82, 2.24) is 10.2 Å². The van der Waals surface area contributed by atoms with Crippen molar-refractivity contribution in [3.8, 4) is 0 Å². The second-order valence-corrected chi connectivity index (χ2v) is 6.29. The number of carbonyl (C=O) groups excluding carboxylic acids is 3. The largest absolute Gasteiger partial charge is 0.352 e. The molecule has 2 heterocycles. The summed E-state index contributed by atoms with van der Waals surface area (Å²) in [4.78, 5) is 37.8. The minimum atomic E-state index is -0.230. The number of piperidine rings is 1. The summed E-state index contributed by atoms with van der Waals surface area (Å²) in [6, 6.07) is 3.39. The lowest BCUT2D eigenvalue weighted by Crippen LogP contribution is -2.45. The third-order valence-corrected chi connectivity index (χ3v) is 4.36. The van der Waals surface area contributed by atoms with Gasteiger partial charge in [-0.1, -0.05) is 6.07 Å². The van der Waals surface area contributed by atoms with Crippen molar-refractivity contribution in [3.63, 3.8) is 0 Å². The molecule has 0 radical (unpaired) electrons. The van der Waals surface area contributed by atoms with Gasteiger partial charge in [-0.15, -0.1) is 11.3 Å². The fourth-order valence-electron chi connectivity index (χ4n) is 2.39. The lowest BCUT2D eigenvalue weighted by molar-refractivity contribution is -0.138. The number of hydrogen-bond acceptors (Lipinski definition) is 4. The lowest BCUT2D eigenvalue weighted by atomic mass is 10.1. The first-order valence-electron chi connectivity index (χ1n) is 7.20. The number of hydrogen-bond donors (Lipinski definition) is 1. The molecule has 1 N–H and O–H groups in total. The van der Waals surface area contributed by atoms with E-state index in [2.05, 4.69) is 5.32 Å². The number of nitrogens with one attached hydrogen (secondary N) is 1. The second kappa shape index (κ2) is 7.36. The zero-order valence-corrected chi connectivity index (χ0v) is 12.9. The van der Waals surface area contributed by atoms with Crippen molar-refractivity contribution >= 4 is 28.9 Å². The van der Waals surface area contributed by atoms with Gasteiger partial charge in [-0.05, 0) is 31.2 Å². The predicted octanol–water partition coefficient (Wildman–Crippen LogP) is 1.84. The molecule has 0 saturated carbocycles. The van der Waals surface area contributed by atoms with Crippen molar-refractivity contribution in [2.45, 2.75) is 38.6 Å². The fraction of sp³-hybridized carbons (Fsp3) is 0.533. The van der Waals surface area contributed by atoms with E-state index in [1.165, 1.54) is 11.3 Å². The number of amides is 2. The van der Waals surface area contributed by atoms with Gasteiger partial charge in [0.1, 0.15) is 0 Å². The molecule has 0 bridgehead atoms. The van der Waals surface area contributed by atoms with E-state index in [1.807, 2.05) is 11.4 Å². The molecule has 0 unspecified atom stereocenters. The first-order chi connectivity index (χ1) is 10.1. The van der Waals surface area contributed by atoms with Crippen LogP contribution in [0.2, 0.25) is 0 Å². The smallest absolute Gasteiger partial charge is 0.239 e. The highest BCUT2D eigenvalue weighted by Gasteiger charge is 2.21. The SMILES string of the molecule is C[C@@H](CC(=O)c1cccs1)NC(=O)CN1CCCCC1=O. The summed E-state index contributed by atoms with van der Waals surface area (Å²) in [7, 11) is 0. The standard InChI is InChI=1S/C15H20N2O3S/c1-11(9-12(18)13-5-4-8-21-13)16-14(19)10-17-7-3-2-6-15(17)20/h4-5,8,11H,2-3,6-7,9-10H2,1H3,(H,16,19)/t11-/m0/s1. The number of carbonyl (C=O) groups is 3. The Morgan fingerprint density at radius 1 is 1.43 bits per heavy atom. The highest BCUT2D eigenvalue weighted by Crippen LogP contribution is 2.13. The van der Waals surface area contributed by atoms with E-state index in [9.17, 15) is 14.4 Å². The van der Waals surface area contributed by atoms with Crippen molar-refractivity contribution < 1.29 is 14.4 Å². The Hall–Kier alpha value is -1.69. The summed E-state index contributed by atoms with van der Waals surface area (Å²) >= 11 is 1.41. The van der Waals surface area contributed by atoms with Crippen molar-refractivity contribution in [2.75, 3.05) is 13.1 Å². The van der Waals surface area contributed by atoms with Crippen LogP contribution in [0.25, 0.3) is 0 Å². The molecule has 6 heteroatoms. The minimum absolute atomic E-state index is 0.0341. The molecular weight excluding hydrogens is 288 g/mol. The van der Waals surface area contributed by atoms with Gasteiger partial charge in [0, 0.05) is 25.4 Å². The van der Waals surface area contributed by atoms with E-state index in [1.54, 1.807) is 17.9 Å². The van der Waals surface area contributed by atoms with Gasteiger partial charge in [0.25, 0.3) is 0 Å². The van der Waals surface area contributed by atoms with Crippen LogP contribution in [-0.4, -0.2) is 41.6 Å². The van der Waals surface area contributed by atoms with Crippen LogP contribution in [0.15, 0.2) is 17.5 Å². The maximum Gasteiger partial charge on any atom is 0.239 e. The Kier molecular flexibility index (Phi) is 5.50. The van der Waals surface area contributed by atoms with Crippen LogP contribution in [0.4, 0.5) is 0 Å². The maximum atomic E-state index is 11.9. The van der Waals surface area contributed by atoms with Crippen molar-refractivity contribution in [3.05, 3.63) is 22.4 Å². The molecule has 1 atom stereocenters. The second-order valence-electron chi connectivity index (χ2n) is 5.35. The predicted molar refractivity (Wildman–Crippen MR) is 81.3 cm³/mol. The number of ketones is 1. The highest BCUT2D eigenvalue weighted by atomic mass is 32.1. The number of thiophene rings is 1. The molecule has 5 nitrogen and oxygen atoms in total. The van der Waals surface area contributed by atoms with Gasteiger partial charge >= 0.3 is 0 Å². The molecule has 1 saturated heterocycles. The molecule has 1 aliphatic heterocycles. The van der Waals surface area contributed by atoms with E-state index in [4.69, 9.17) is 0 Å². The topological polar surface area (TPSA) is 66.5 Å². The van der Waals surface area contributed by atoms with Gasteiger partial charge in [-0.2, -0.15) is 0 Å². The molecule has 21 heavy (non-hydrogen) atoms. The summed E-state index contributed by atoms with van der Waals surface area (Å²) in [6.45, 7) is 2.55. The first-order valence-corrected chi connectivity index (χ1v) is 8.08. The molecule has 1 aliphatic rings. The maximum absolute atomic E-state index is 11.9. The zero-order valence-electron chi connectivity index (χ0n) is 12.1. The normalized spacial score (nSPS) is 16.6. The number of nitrogens with zero attached hydrogens (tertiary/aromatic N) is 1. The first kappa shape index (κ1) is 15.7.